The zero-order valence-electron chi connectivity index (χ0n) is 9.43. The SMILES string of the molecule is CNCC(=O)c1ccccc1-n1cc[nH]c1=O. The lowest BCUT2D eigenvalue weighted by atomic mass is 10.1. The molecule has 0 spiro atoms. The van der Waals surface area contributed by atoms with Crippen LogP contribution in [0.2, 0.25) is 0 Å². The van der Waals surface area contributed by atoms with Gasteiger partial charge in [0.1, 0.15) is 0 Å². The van der Waals surface area contributed by atoms with Crippen molar-refractivity contribution in [3.8, 4) is 5.69 Å². The maximum Gasteiger partial charge on any atom is 0.330 e. The molecule has 0 amide bonds. The third-order valence-electron chi connectivity index (χ3n) is 2.45. The van der Waals surface area contributed by atoms with Crippen molar-refractivity contribution in [3.63, 3.8) is 0 Å². The molecule has 0 bridgehead atoms. The molecule has 0 radical (unpaired) electrons. The molecule has 2 rings (SSSR count). The highest BCUT2D eigenvalue weighted by atomic mass is 16.1. The quantitative estimate of drug-likeness (QED) is 0.756. The number of benzene rings is 1. The van der Waals surface area contributed by atoms with E-state index in [1.807, 2.05) is 0 Å². The Balaban J connectivity index is 2.52. The summed E-state index contributed by atoms with van der Waals surface area (Å²) in [5.41, 5.74) is 0.872. The van der Waals surface area contributed by atoms with Crippen LogP contribution in [0.5, 0.6) is 0 Å². The van der Waals surface area contributed by atoms with Gasteiger partial charge in [0, 0.05) is 18.0 Å². The van der Waals surface area contributed by atoms with Crippen molar-refractivity contribution in [1.82, 2.24) is 14.9 Å². The van der Waals surface area contributed by atoms with Gasteiger partial charge in [0.15, 0.2) is 5.78 Å². The van der Waals surface area contributed by atoms with E-state index in [1.54, 1.807) is 43.7 Å². The molecule has 1 aromatic carbocycles. The third kappa shape index (κ3) is 2.19. The number of nitrogens with zero attached hydrogens (tertiary/aromatic N) is 1. The minimum absolute atomic E-state index is 0.0452. The van der Waals surface area contributed by atoms with E-state index in [2.05, 4.69) is 10.3 Å². The molecule has 0 atom stereocenters. The van der Waals surface area contributed by atoms with Crippen LogP contribution in [0.4, 0.5) is 0 Å². The number of likely N-dealkylation sites (N-methyl/N-ethyl adjacent to an activating group) is 1. The van der Waals surface area contributed by atoms with Crippen LogP contribution in [-0.2, 0) is 0 Å². The fourth-order valence-corrected chi connectivity index (χ4v) is 1.69. The average Bonchev–Trinajstić information content (AvgIpc) is 2.76. The molecule has 1 heterocycles. The Hall–Kier alpha value is -2.14. The zero-order chi connectivity index (χ0) is 12.3. The second kappa shape index (κ2) is 4.80. The van der Waals surface area contributed by atoms with Crippen LogP contribution in [0.1, 0.15) is 10.4 Å². The standard InChI is InChI=1S/C12H13N3O2/c1-13-8-11(16)9-4-2-3-5-10(9)15-7-6-14-12(15)17/h2-7,13H,8H2,1H3,(H,14,17). The van der Waals surface area contributed by atoms with Gasteiger partial charge in [-0.2, -0.15) is 0 Å². The largest absolute Gasteiger partial charge is 0.330 e. The maximum atomic E-state index is 11.9. The summed E-state index contributed by atoms with van der Waals surface area (Å²) in [6.45, 7) is 0.246. The summed E-state index contributed by atoms with van der Waals surface area (Å²) in [7, 11) is 1.71. The molecule has 17 heavy (non-hydrogen) atoms. The lowest BCUT2D eigenvalue weighted by Crippen LogP contribution is -2.22. The highest BCUT2D eigenvalue weighted by Crippen LogP contribution is 2.12. The van der Waals surface area contributed by atoms with Gasteiger partial charge < -0.3 is 10.3 Å². The van der Waals surface area contributed by atoms with Crippen molar-refractivity contribution < 1.29 is 4.79 Å². The number of hydrogen-bond donors (Lipinski definition) is 2. The number of nitrogens with one attached hydrogen (secondary N) is 2. The summed E-state index contributed by atoms with van der Waals surface area (Å²) in [5, 5.41) is 2.81. The number of carbonyl (C=O) groups excluding carboxylic acids is 1. The molecule has 1 aromatic heterocycles. The van der Waals surface area contributed by atoms with Gasteiger partial charge in [-0.3, -0.25) is 9.36 Å². The van der Waals surface area contributed by atoms with Crippen LogP contribution in [0.25, 0.3) is 5.69 Å². The minimum atomic E-state index is -0.255. The Morgan fingerprint density at radius 3 is 2.82 bits per heavy atom. The number of carbonyl (C=O) groups is 1. The van der Waals surface area contributed by atoms with Crippen molar-refractivity contribution in [2.75, 3.05) is 13.6 Å². The average molecular weight is 231 g/mol. The van der Waals surface area contributed by atoms with Crippen molar-refractivity contribution >= 4 is 5.78 Å². The monoisotopic (exact) mass is 231 g/mol. The summed E-state index contributed by atoms with van der Waals surface area (Å²) in [6.07, 6.45) is 3.15. The Bertz CT molecular complexity index is 583. The van der Waals surface area contributed by atoms with Gasteiger partial charge in [0.25, 0.3) is 0 Å². The van der Waals surface area contributed by atoms with Crippen LogP contribution in [0, 0.1) is 0 Å². The number of rotatable bonds is 4. The molecule has 2 aromatic rings. The first-order chi connectivity index (χ1) is 8.24. The number of aromatic amines is 1. The molecule has 5 nitrogen and oxygen atoms in total. The van der Waals surface area contributed by atoms with E-state index >= 15 is 0 Å². The lowest BCUT2D eigenvalue weighted by Gasteiger charge is -2.08. The van der Waals surface area contributed by atoms with E-state index in [0.717, 1.165) is 0 Å². The van der Waals surface area contributed by atoms with Crippen LogP contribution in [-0.4, -0.2) is 28.9 Å². The number of aromatic nitrogens is 2. The van der Waals surface area contributed by atoms with Gasteiger partial charge in [0.2, 0.25) is 0 Å². The second-order valence-electron chi connectivity index (χ2n) is 3.61. The number of imidazole rings is 1. The molecular weight excluding hydrogens is 218 g/mol. The van der Waals surface area contributed by atoms with E-state index in [0.29, 0.717) is 11.3 Å². The molecule has 0 aliphatic carbocycles. The predicted octanol–water partition coefficient (Wildman–Crippen LogP) is 0.568. The first kappa shape index (κ1) is 11.3. The number of para-hydroxylation sites is 1. The molecule has 88 valence electrons. The first-order valence-corrected chi connectivity index (χ1v) is 5.27. The summed E-state index contributed by atoms with van der Waals surface area (Å²) in [4.78, 5) is 26.0. The molecule has 0 unspecified atom stereocenters. The smallest absolute Gasteiger partial charge is 0.313 e. The van der Waals surface area contributed by atoms with Gasteiger partial charge in [-0.15, -0.1) is 0 Å². The minimum Gasteiger partial charge on any atom is -0.313 e. The highest BCUT2D eigenvalue weighted by Gasteiger charge is 2.12. The molecule has 2 N–H and O–H groups in total. The van der Waals surface area contributed by atoms with Gasteiger partial charge >= 0.3 is 5.69 Å². The van der Waals surface area contributed by atoms with E-state index in [1.165, 1.54) is 4.57 Å². The predicted molar refractivity (Wildman–Crippen MR) is 64.6 cm³/mol. The number of Topliss-reactive ketones (excluding diaryl/α,β-unsaturated/α-hetero) is 1. The molecule has 0 aliphatic heterocycles. The van der Waals surface area contributed by atoms with Gasteiger partial charge in [-0.1, -0.05) is 12.1 Å². The van der Waals surface area contributed by atoms with Crippen molar-refractivity contribution in [2.45, 2.75) is 0 Å². The van der Waals surface area contributed by atoms with E-state index in [4.69, 9.17) is 0 Å². The van der Waals surface area contributed by atoms with E-state index in [-0.39, 0.29) is 18.0 Å². The van der Waals surface area contributed by atoms with Crippen molar-refractivity contribution in [3.05, 3.63) is 52.7 Å². The normalized spacial score (nSPS) is 10.4. The fraction of sp³-hybridized carbons (Fsp3) is 0.167. The Labute approximate surface area is 98.1 Å². The molecule has 0 saturated heterocycles. The molecular formula is C12H13N3O2. The summed E-state index contributed by atoms with van der Waals surface area (Å²) < 4.78 is 1.42. The molecule has 0 fully saturated rings. The van der Waals surface area contributed by atoms with Crippen LogP contribution >= 0.6 is 0 Å². The lowest BCUT2D eigenvalue weighted by molar-refractivity contribution is 0.0993. The summed E-state index contributed by atoms with van der Waals surface area (Å²) >= 11 is 0. The van der Waals surface area contributed by atoms with E-state index in [9.17, 15) is 9.59 Å². The van der Waals surface area contributed by atoms with Gasteiger partial charge in [0.05, 0.1) is 12.2 Å². The molecule has 0 aliphatic rings. The van der Waals surface area contributed by atoms with Crippen molar-refractivity contribution in [1.29, 1.82) is 0 Å². The van der Waals surface area contributed by atoms with Crippen LogP contribution in [0.3, 0.4) is 0 Å². The summed E-state index contributed by atoms with van der Waals surface area (Å²) in [6, 6.07) is 7.04. The second-order valence-corrected chi connectivity index (χ2v) is 3.61. The third-order valence-corrected chi connectivity index (χ3v) is 2.45. The van der Waals surface area contributed by atoms with Gasteiger partial charge in [-0.05, 0) is 19.2 Å². The Morgan fingerprint density at radius 1 is 1.41 bits per heavy atom. The number of hydrogen-bond acceptors (Lipinski definition) is 3. The number of H-pyrrole nitrogens is 1. The fourth-order valence-electron chi connectivity index (χ4n) is 1.69. The van der Waals surface area contributed by atoms with Crippen LogP contribution in [0.15, 0.2) is 41.5 Å². The number of ketones is 1. The highest BCUT2D eigenvalue weighted by molar-refractivity contribution is 6.00. The van der Waals surface area contributed by atoms with Gasteiger partial charge in [-0.25, -0.2) is 4.79 Å². The maximum absolute atomic E-state index is 11.9. The summed E-state index contributed by atoms with van der Waals surface area (Å²) in [5.74, 6) is -0.0452. The van der Waals surface area contributed by atoms with E-state index < -0.39 is 0 Å². The molecule has 5 heteroatoms. The van der Waals surface area contributed by atoms with Crippen LogP contribution < -0.4 is 11.0 Å². The molecule has 0 saturated carbocycles. The topological polar surface area (TPSA) is 66.9 Å². The zero-order valence-corrected chi connectivity index (χ0v) is 9.43. The first-order valence-electron chi connectivity index (χ1n) is 5.27. The Kier molecular flexibility index (Phi) is 3.20. The van der Waals surface area contributed by atoms with Crippen molar-refractivity contribution in [2.24, 2.45) is 0 Å². The Morgan fingerprint density at radius 2 is 2.18 bits per heavy atom.